The number of rotatable bonds is 5. The van der Waals surface area contributed by atoms with E-state index in [0.717, 1.165) is 11.9 Å². The van der Waals surface area contributed by atoms with Crippen molar-refractivity contribution in [2.24, 2.45) is 0 Å². The van der Waals surface area contributed by atoms with E-state index in [2.05, 4.69) is 30.3 Å². The monoisotopic (exact) mass is 260 g/mol. The van der Waals surface area contributed by atoms with Gasteiger partial charge < -0.3 is 0 Å². The molecule has 2 aromatic carbocycles. The Labute approximate surface area is 119 Å². The first-order valence-corrected chi connectivity index (χ1v) is 6.51. The minimum atomic E-state index is 0.767. The number of carbonyl (C=O) groups is 1. The number of hydrogen-bond donors (Lipinski definition) is 0. The third kappa shape index (κ3) is 3.92. The van der Waals surface area contributed by atoms with Gasteiger partial charge in [-0.2, -0.15) is 0 Å². The molecule has 0 aromatic heterocycles. The summed E-state index contributed by atoms with van der Waals surface area (Å²) in [7, 11) is 0. The largest absolute Gasteiger partial charge is 0.299 e. The molecule has 0 aliphatic carbocycles. The Hall–Kier alpha value is -2.67. The zero-order valence-corrected chi connectivity index (χ0v) is 11.1. The zero-order valence-electron chi connectivity index (χ0n) is 11.1. The molecule has 0 aliphatic heterocycles. The van der Waals surface area contributed by atoms with Gasteiger partial charge in [0.1, 0.15) is 6.29 Å². The Morgan fingerprint density at radius 2 is 1.15 bits per heavy atom. The summed E-state index contributed by atoms with van der Waals surface area (Å²) in [5, 5.41) is 0. The molecule has 20 heavy (non-hydrogen) atoms. The first-order valence-electron chi connectivity index (χ1n) is 6.51. The quantitative estimate of drug-likeness (QED) is 0.441. The third-order valence-electron chi connectivity index (χ3n) is 2.84. The van der Waals surface area contributed by atoms with Crippen LogP contribution in [-0.4, -0.2) is 6.29 Å². The van der Waals surface area contributed by atoms with Crippen LogP contribution in [0, 0.1) is 0 Å². The molecule has 0 saturated heterocycles. The fourth-order valence-electron chi connectivity index (χ4n) is 1.92. The van der Waals surface area contributed by atoms with Crippen LogP contribution in [0.1, 0.15) is 11.1 Å². The maximum Gasteiger partial charge on any atom is 0.142 e. The Bertz CT molecular complexity index is 578. The fourth-order valence-corrected chi connectivity index (χ4v) is 1.92. The Balaban J connectivity index is 2.35. The van der Waals surface area contributed by atoms with Crippen molar-refractivity contribution in [3.8, 4) is 0 Å². The molecule has 98 valence electrons. The van der Waals surface area contributed by atoms with Gasteiger partial charge in [-0.05, 0) is 22.8 Å². The average molecular weight is 260 g/mol. The lowest BCUT2D eigenvalue weighted by atomic mass is 9.97. The van der Waals surface area contributed by atoms with E-state index in [1.165, 1.54) is 17.2 Å². The Morgan fingerprint density at radius 3 is 1.65 bits per heavy atom. The number of hydrogen-bond acceptors (Lipinski definition) is 1. The summed E-state index contributed by atoms with van der Waals surface area (Å²) >= 11 is 0. The molecule has 0 N–H and O–H groups in total. The highest BCUT2D eigenvalue weighted by Gasteiger charge is 2.02. The van der Waals surface area contributed by atoms with Gasteiger partial charge in [-0.25, -0.2) is 0 Å². The molecule has 1 nitrogen and oxygen atoms in total. The molecule has 2 rings (SSSR count). The molecule has 0 aliphatic rings. The van der Waals surface area contributed by atoms with Crippen LogP contribution in [0.25, 0.3) is 5.57 Å². The molecule has 0 bridgehead atoms. The van der Waals surface area contributed by atoms with E-state index in [-0.39, 0.29) is 0 Å². The second-order valence-electron chi connectivity index (χ2n) is 4.22. The maximum atomic E-state index is 10.2. The Kier molecular flexibility index (Phi) is 5.29. The SMILES string of the molecule is O=C/C=C/C=C/C=C(c1ccccc1)c1ccccc1. The van der Waals surface area contributed by atoms with Crippen molar-refractivity contribution in [3.63, 3.8) is 0 Å². The van der Waals surface area contributed by atoms with Gasteiger partial charge in [-0.1, -0.05) is 85.0 Å². The number of aldehydes is 1. The topological polar surface area (TPSA) is 17.1 Å². The lowest BCUT2D eigenvalue weighted by Crippen LogP contribution is -1.86. The van der Waals surface area contributed by atoms with Crippen molar-refractivity contribution in [3.05, 3.63) is 102 Å². The second kappa shape index (κ2) is 7.70. The standard InChI is InChI=1S/C19H16O/c20-16-10-2-1-9-15-19(17-11-5-3-6-12-17)18-13-7-4-8-14-18/h1-16H/b9-1+,10-2+. The predicted octanol–water partition coefficient (Wildman–Crippen LogP) is 4.43. The molecule has 0 radical (unpaired) electrons. The molecule has 0 unspecified atom stereocenters. The summed E-state index contributed by atoms with van der Waals surface area (Å²) in [6.45, 7) is 0. The Morgan fingerprint density at radius 1 is 0.650 bits per heavy atom. The van der Waals surface area contributed by atoms with Gasteiger partial charge in [0, 0.05) is 0 Å². The summed E-state index contributed by atoms with van der Waals surface area (Å²) in [6, 6.07) is 20.5. The van der Waals surface area contributed by atoms with E-state index in [0.29, 0.717) is 0 Å². The van der Waals surface area contributed by atoms with Gasteiger partial charge in [-0.15, -0.1) is 0 Å². The summed E-state index contributed by atoms with van der Waals surface area (Å²) in [5.74, 6) is 0. The van der Waals surface area contributed by atoms with E-state index in [4.69, 9.17) is 0 Å². The van der Waals surface area contributed by atoms with Gasteiger partial charge in [0.05, 0.1) is 0 Å². The van der Waals surface area contributed by atoms with E-state index in [1.54, 1.807) is 6.08 Å². The highest BCUT2D eigenvalue weighted by Crippen LogP contribution is 2.22. The van der Waals surface area contributed by atoms with Crippen LogP contribution in [0.5, 0.6) is 0 Å². The molecule has 0 atom stereocenters. The molecule has 0 spiro atoms. The van der Waals surface area contributed by atoms with Crippen molar-refractivity contribution >= 4 is 11.9 Å². The van der Waals surface area contributed by atoms with Gasteiger partial charge in [0.2, 0.25) is 0 Å². The summed E-state index contributed by atoms with van der Waals surface area (Å²) in [6.07, 6.45) is 9.80. The first-order chi connectivity index (χ1) is 9.92. The molecule has 0 amide bonds. The minimum absolute atomic E-state index is 0.767. The van der Waals surface area contributed by atoms with Crippen LogP contribution in [-0.2, 0) is 4.79 Å². The number of carbonyl (C=O) groups excluding carboxylic acids is 1. The van der Waals surface area contributed by atoms with Gasteiger partial charge in [-0.3, -0.25) is 4.79 Å². The van der Waals surface area contributed by atoms with Crippen LogP contribution >= 0.6 is 0 Å². The van der Waals surface area contributed by atoms with Crippen LogP contribution in [0.4, 0.5) is 0 Å². The van der Waals surface area contributed by atoms with Crippen molar-refractivity contribution in [2.75, 3.05) is 0 Å². The van der Waals surface area contributed by atoms with Crippen molar-refractivity contribution in [2.45, 2.75) is 0 Å². The van der Waals surface area contributed by atoms with Crippen molar-refractivity contribution < 1.29 is 4.79 Å². The van der Waals surface area contributed by atoms with E-state index >= 15 is 0 Å². The van der Waals surface area contributed by atoms with Crippen molar-refractivity contribution in [1.82, 2.24) is 0 Å². The molecule has 1 heteroatoms. The van der Waals surface area contributed by atoms with Crippen LogP contribution in [0.15, 0.2) is 91.0 Å². The molecule has 2 aromatic rings. The molecular formula is C19H16O. The zero-order chi connectivity index (χ0) is 14.0. The number of benzene rings is 2. The van der Waals surface area contributed by atoms with E-state index < -0.39 is 0 Å². The van der Waals surface area contributed by atoms with Crippen LogP contribution in [0.3, 0.4) is 0 Å². The van der Waals surface area contributed by atoms with Crippen LogP contribution in [0.2, 0.25) is 0 Å². The molecular weight excluding hydrogens is 244 g/mol. The lowest BCUT2D eigenvalue weighted by Gasteiger charge is -2.07. The second-order valence-corrected chi connectivity index (χ2v) is 4.22. The highest BCUT2D eigenvalue weighted by molar-refractivity contribution is 5.80. The summed E-state index contributed by atoms with van der Waals surface area (Å²) in [4.78, 5) is 10.2. The average Bonchev–Trinajstić information content (AvgIpc) is 2.53. The van der Waals surface area contributed by atoms with E-state index in [9.17, 15) is 4.79 Å². The first kappa shape index (κ1) is 13.8. The minimum Gasteiger partial charge on any atom is -0.299 e. The van der Waals surface area contributed by atoms with Crippen molar-refractivity contribution in [1.29, 1.82) is 0 Å². The van der Waals surface area contributed by atoms with Gasteiger partial charge >= 0.3 is 0 Å². The predicted molar refractivity (Wildman–Crippen MR) is 84.3 cm³/mol. The van der Waals surface area contributed by atoms with Crippen LogP contribution < -0.4 is 0 Å². The lowest BCUT2D eigenvalue weighted by molar-refractivity contribution is -0.104. The number of allylic oxidation sites excluding steroid dienone is 5. The third-order valence-corrected chi connectivity index (χ3v) is 2.84. The summed E-state index contributed by atoms with van der Waals surface area (Å²) in [5.41, 5.74) is 3.49. The molecule has 0 heterocycles. The summed E-state index contributed by atoms with van der Waals surface area (Å²) < 4.78 is 0. The fraction of sp³-hybridized carbons (Fsp3) is 0. The van der Waals surface area contributed by atoms with Gasteiger partial charge in [0.25, 0.3) is 0 Å². The smallest absolute Gasteiger partial charge is 0.142 e. The maximum absolute atomic E-state index is 10.2. The highest BCUT2D eigenvalue weighted by atomic mass is 16.1. The molecule has 0 saturated carbocycles. The van der Waals surface area contributed by atoms with E-state index in [1.807, 2.05) is 48.6 Å². The normalized spacial score (nSPS) is 10.8. The van der Waals surface area contributed by atoms with Gasteiger partial charge in [0.15, 0.2) is 0 Å². The molecule has 0 fully saturated rings.